The minimum Gasteiger partial charge on any atom is -0.465 e. The SMILES string of the molecule is O=C(/C=C/c1ccco1)Nc1ccc(OC(F)(F)F)cc1. The summed E-state index contributed by atoms with van der Waals surface area (Å²) in [4.78, 5) is 11.6. The van der Waals surface area contributed by atoms with Gasteiger partial charge in [-0.1, -0.05) is 0 Å². The molecule has 1 N–H and O–H groups in total. The Bertz CT molecular complexity index is 616. The van der Waals surface area contributed by atoms with Crippen molar-refractivity contribution >= 4 is 17.7 Å². The van der Waals surface area contributed by atoms with Crippen molar-refractivity contribution in [2.75, 3.05) is 5.32 Å². The third-order valence-corrected chi connectivity index (χ3v) is 2.30. The van der Waals surface area contributed by atoms with Crippen molar-refractivity contribution in [2.24, 2.45) is 0 Å². The van der Waals surface area contributed by atoms with E-state index in [1.807, 2.05) is 0 Å². The van der Waals surface area contributed by atoms with E-state index in [0.717, 1.165) is 12.1 Å². The average molecular weight is 297 g/mol. The third kappa shape index (κ3) is 5.06. The Hall–Kier alpha value is -2.70. The minimum atomic E-state index is -4.74. The van der Waals surface area contributed by atoms with E-state index >= 15 is 0 Å². The predicted molar refractivity (Wildman–Crippen MR) is 69.5 cm³/mol. The quantitative estimate of drug-likeness (QED) is 0.873. The number of benzene rings is 1. The summed E-state index contributed by atoms with van der Waals surface area (Å²) >= 11 is 0. The molecule has 2 aromatic rings. The van der Waals surface area contributed by atoms with Gasteiger partial charge in [0.15, 0.2) is 0 Å². The molecule has 0 atom stereocenters. The van der Waals surface area contributed by atoms with Crippen LogP contribution in [0.3, 0.4) is 0 Å². The van der Waals surface area contributed by atoms with Gasteiger partial charge >= 0.3 is 6.36 Å². The van der Waals surface area contributed by atoms with Crippen LogP contribution in [0.15, 0.2) is 53.2 Å². The lowest BCUT2D eigenvalue weighted by Gasteiger charge is -2.09. The Balaban J connectivity index is 1.92. The molecule has 0 bridgehead atoms. The van der Waals surface area contributed by atoms with Gasteiger partial charge < -0.3 is 14.5 Å². The predicted octanol–water partition coefficient (Wildman–Crippen LogP) is 3.83. The fraction of sp³-hybridized carbons (Fsp3) is 0.0714. The summed E-state index contributed by atoms with van der Waals surface area (Å²) in [5, 5.41) is 2.49. The first-order valence-corrected chi connectivity index (χ1v) is 5.81. The molecule has 1 amide bonds. The molecule has 21 heavy (non-hydrogen) atoms. The number of carbonyl (C=O) groups excluding carboxylic acids is 1. The standard InChI is InChI=1S/C14H10F3NO3/c15-14(16,17)21-12-5-3-10(4-6-12)18-13(19)8-7-11-2-1-9-20-11/h1-9H,(H,18,19)/b8-7+. The van der Waals surface area contributed by atoms with Gasteiger partial charge in [0, 0.05) is 11.8 Å². The monoisotopic (exact) mass is 297 g/mol. The van der Waals surface area contributed by atoms with Gasteiger partial charge in [0.2, 0.25) is 5.91 Å². The fourth-order valence-corrected chi connectivity index (χ4v) is 1.47. The molecule has 1 aromatic heterocycles. The number of hydrogen-bond acceptors (Lipinski definition) is 3. The van der Waals surface area contributed by atoms with Crippen LogP contribution in [0.25, 0.3) is 6.08 Å². The first-order valence-electron chi connectivity index (χ1n) is 5.81. The molecule has 110 valence electrons. The Kier molecular flexibility index (Phi) is 4.32. The topological polar surface area (TPSA) is 51.5 Å². The van der Waals surface area contributed by atoms with E-state index in [0.29, 0.717) is 11.4 Å². The van der Waals surface area contributed by atoms with Crippen LogP contribution in [0, 0.1) is 0 Å². The molecular formula is C14H10F3NO3. The van der Waals surface area contributed by atoms with Gasteiger partial charge in [-0.3, -0.25) is 4.79 Å². The summed E-state index contributed by atoms with van der Waals surface area (Å²) in [6.45, 7) is 0. The molecule has 0 saturated heterocycles. The van der Waals surface area contributed by atoms with E-state index in [1.165, 1.54) is 30.5 Å². The van der Waals surface area contributed by atoms with Crippen molar-refractivity contribution in [3.8, 4) is 5.75 Å². The molecule has 0 radical (unpaired) electrons. The molecule has 0 saturated carbocycles. The van der Waals surface area contributed by atoms with E-state index in [2.05, 4.69) is 10.1 Å². The maximum atomic E-state index is 12.0. The van der Waals surface area contributed by atoms with Gasteiger partial charge in [-0.15, -0.1) is 13.2 Å². The number of halogens is 3. The highest BCUT2D eigenvalue weighted by Gasteiger charge is 2.30. The van der Waals surface area contributed by atoms with Crippen molar-refractivity contribution < 1.29 is 27.1 Å². The third-order valence-electron chi connectivity index (χ3n) is 2.30. The molecule has 0 fully saturated rings. The zero-order valence-corrected chi connectivity index (χ0v) is 10.6. The van der Waals surface area contributed by atoms with Crippen molar-refractivity contribution in [3.05, 3.63) is 54.5 Å². The van der Waals surface area contributed by atoms with E-state index < -0.39 is 12.3 Å². The van der Waals surface area contributed by atoms with Crippen molar-refractivity contribution in [1.29, 1.82) is 0 Å². The van der Waals surface area contributed by atoms with Crippen LogP contribution < -0.4 is 10.1 Å². The Morgan fingerprint density at radius 2 is 1.90 bits per heavy atom. The average Bonchev–Trinajstić information content (AvgIpc) is 2.90. The Morgan fingerprint density at radius 1 is 1.19 bits per heavy atom. The second-order valence-electron chi connectivity index (χ2n) is 3.91. The van der Waals surface area contributed by atoms with Crippen LogP contribution in [0.2, 0.25) is 0 Å². The highest BCUT2D eigenvalue weighted by atomic mass is 19.4. The number of ether oxygens (including phenoxy) is 1. The van der Waals surface area contributed by atoms with E-state index in [4.69, 9.17) is 4.42 Å². The molecule has 4 nitrogen and oxygen atoms in total. The summed E-state index contributed by atoms with van der Waals surface area (Å²) in [7, 11) is 0. The van der Waals surface area contributed by atoms with Gasteiger partial charge in [0.25, 0.3) is 0 Å². The second-order valence-corrected chi connectivity index (χ2v) is 3.91. The highest BCUT2D eigenvalue weighted by molar-refractivity contribution is 6.01. The van der Waals surface area contributed by atoms with E-state index in [-0.39, 0.29) is 5.75 Å². The molecular weight excluding hydrogens is 287 g/mol. The van der Waals surface area contributed by atoms with Crippen LogP contribution in [0.5, 0.6) is 5.75 Å². The van der Waals surface area contributed by atoms with Gasteiger partial charge in [0.05, 0.1) is 6.26 Å². The number of amides is 1. The zero-order chi connectivity index (χ0) is 15.3. The molecule has 0 spiro atoms. The highest BCUT2D eigenvalue weighted by Crippen LogP contribution is 2.23. The Labute approximate surface area is 117 Å². The first kappa shape index (κ1) is 14.7. The summed E-state index contributed by atoms with van der Waals surface area (Å²) in [5.41, 5.74) is 0.346. The summed E-state index contributed by atoms with van der Waals surface area (Å²) in [6, 6.07) is 8.18. The Morgan fingerprint density at radius 3 is 2.48 bits per heavy atom. The number of carbonyl (C=O) groups is 1. The smallest absolute Gasteiger partial charge is 0.465 e. The van der Waals surface area contributed by atoms with E-state index in [1.54, 1.807) is 12.1 Å². The zero-order valence-electron chi connectivity index (χ0n) is 10.6. The molecule has 0 aliphatic rings. The van der Waals surface area contributed by atoms with Gasteiger partial charge in [0.1, 0.15) is 11.5 Å². The molecule has 2 rings (SSSR count). The maximum Gasteiger partial charge on any atom is 0.573 e. The normalized spacial score (nSPS) is 11.6. The molecule has 1 heterocycles. The van der Waals surface area contributed by atoms with Crippen molar-refractivity contribution in [2.45, 2.75) is 6.36 Å². The van der Waals surface area contributed by atoms with Gasteiger partial charge in [-0.05, 0) is 42.5 Å². The molecule has 0 aliphatic carbocycles. The number of anilines is 1. The first-order chi connectivity index (χ1) is 9.92. The number of nitrogens with one attached hydrogen (secondary N) is 1. The minimum absolute atomic E-state index is 0.346. The second kappa shape index (κ2) is 6.17. The molecule has 7 heteroatoms. The van der Waals surface area contributed by atoms with E-state index in [9.17, 15) is 18.0 Å². The number of alkyl halides is 3. The number of furan rings is 1. The lowest BCUT2D eigenvalue weighted by molar-refractivity contribution is -0.274. The fourth-order valence-electron chi connectivity index (χ4n) is 1.47. The lowest BCUT2D eigenvalue weighted by atomic mass is 10.3. The lowest BCUT2D eigenvalue weighted by Crippen LogP contribution is -2.17. The summed E-state index contributed by atoms with van der Waals surface area (Å²) in [5.74, 6) is -0.276. The van der Waals surface area contributed by atoms with Crippen LogP contribution in [-0.4, -0.2) is 12.3 Å². The number of hydrogen-bond donors (Lipinski definition) is 1. The van der Waals surface area contributed by atoms with Crippen LogP contribution in [0.1, 0.15) is 5.76 Å². The van der Waals surface area contributed by atoms with Crippen LogP contribution in [-0.2, 0) is 4.79 Å². The molecule has 0 aliphatic heterocycles. The van der Waals surface area contributed by atoms with Crippen molar-refractivity contribution in [1.82, 2.24) is 0 Å². The number of rotatable bonds is 4. The van der Waals surface area contributed by atoms with Crippen molar-refractivity contribution in [3.63, 3.8) is 0 Å². The maximum absolute atomic E-state index is 12.0. The summed E-state index contributed by atoms with van der Waals surface area (Å²) < 4.78 is 44.7. The van der Waals surface area contributed by atoms with Gasteiger partial charge in [-0.2, -0.15) is 0 Å². The van der Waals surface area contributed by atoms with Gasteiger partial charge in [-0.25, -0.2) is 0 Å². The molecule has 1 aromatic carbocycles. The molecule has 0 unspecified atom stereocenters. The largest absolute Gasteiger partial charge is 0.573 e. The van der Waals surface area contributed by atoms with Crippen LogP contribution >= 0.6 is 0 Å². The summed E-state index contributed by atoms with van der Waals surface area (Å²) in [6.07, 6.45) is -0.553. The van der Waals surface area contributed by atoms with Crippen LogP contribution in [0.4, 0.5) is 18.9 Å².